The summed E-state index contributed by atoms with van der Waals surface area (Å²) in [6.07, 6.45) is 4.74. The van der Waals surface area contributed by atoms with Crippen LogP contribution < -0.4 is 10.6 Å². The summed E-state index contributed by atoms with van der Waals surface area (Å²) in [5.74, 6) is 0.894. The van der Waals surface area contributed by atoms with Crippen LogP contribution in [0.4, 0.5) is 0 Å². The van der Waals surface area contributed by atoms with Gasteiger partial charge in [-0.3, -0.25) is 4.99 Å². The molecular weight excluding hydrogens is 423 g/mol. The Hall–Kier alpha value is -0.410. The van der Waals surface area contributed by atoms with Crippen molar-refractivity contribution in [3.8, 4) is 0 Å². The number of nitrogens with one attached hydrogen (secondary N) is 2. The second kappa shape index (κ2) is 11.2. The van der Waals surface area contributed by atoms with Gasteiger partial charge in [0, 0.05) is 37.5 Å². The number of thiazole rings is 1. The van der Waals surface area contributed by atoms with Crippen LogP contribution in [0.2, 0.25) is 0 Å². The maximum absolute atomic E-state index is 5.63. The Balaban J connectivity index is 0.00000264. The van der Waals surface area contributed by atoms with Crippen LogP contribution in [0.5, 0.6) is 0 Å². The summed E-state index contributed by atoms with van der Waals surface area (Å²) in [5.41, 5.74) is 1.15. The molecule has 5 nitrogen and oxygen atoms in total. The number of rotatable bonds is 7. The second-order valence-electron chi connectivity index (χ2n) is 5.61. The zero-order valence-electron chi connectivity index (χ0n) is 14.4. The number of aliphatic imine (C=N–C) groups is 1. The third-order valence-corrected chi connectivity index (χ3v) is 4.93. The van der Waals surface area contributed by atoms with Crippen molar-refractivity contribution in [2.75, 3.05) is 26.2 Å². The minimum absolute atomic E-state index is 0. The highest BCUT2D eigenvalue weighted by molar-refractivity contribution is 14.0. The van der Waals surface area contributed by atoms with Crippen molar-refractivity contribution >= 4 is 41.3 Å². The molecule has 0 spiro atoms. The SMILES string of the molecule is CCNC(=NCCC1CCCO1)NCCc1nc(C)c(C)s1.I. The van der Waals surface area contributed by atoms with Crippen LogP contribution in [0.1, 0.15) is 41.8 Å². The number of aromatic nitrogens is 1. The second-order valence-corrected chi connectivity index (χ2v) is 6.90. The van der Waals surface area contributed by atoms with Gasteiger partial charge in [0.25, 0.3) is 0 Å². The van der Waals surface area contributed by atoms with Gasteiger partial charge >= 0.3 is 0 Å². The monoisotopic (exact) mass is 452 g/mol. The van der Waals surface area contributed by atoms with E-state index < -0.39 is 0 Å². The molecule has 1 aliphatic rings. The third kappa shape index (κ3) is 7.34. The van der Waals surface area contributed by atoms with Crippen molar-refractivity contribution in [2.24, 2.45) is 4.99 Å². The Morgan fingerprint density at radius 2 is 2.22 bits per heavy atom. The van der Waals surface area contributed by atoms with Crippen LogP contribution in [-0.2, 0) is 11.2 Å². The Morgan fingerprint density at radius 3 is 2.83 bits per heavy atom. The Morgan fingerprint density at radius 1 is 1.39 bits per heavy atom. The molecule has 1 aliphatic heterocycles. The molecule has 1 fully saturated rings. The first-order valence-electron chi connectivity index (χ1n) is 8.25. The van der Waals surface area contributed by atoms with E-state index in [-0.39, 0.29) is 24.0 Å². The van der Waals surface area contributed by atoms with Crippen LogP contribution in [0.3, 0.4) is 0 Å². The standard InChI is InChI=1S/C16H28N4OS.HI/c1-4-17-16(18-9-7-14-6-5-11-21-14)19-10-8-15-20-12(2)13(3)22-15;/h14H,4-11H2,1-3H3,(H2,17,18,19);1H. The summed E-state index contributed by atoms with van der Waals surface area (Å²) >= 11 is 1.79. The maximum Gasteiger partial charge on any atom is 0.191 e. The first-order chi connectivity index (χ1) is 10.7. The number of ether oxygens (including phenoxy) is 1. The Bertz CT molecular complexity index is 467. The normalized spacial score (nSPS) is 17.9. The van der Waals surface area contributed by atoms with E-state index >= 15 is 0 Å². The predicted octanol–water partition coefficient (Wildman–Crippen LogP) is 3.04. The molecular formula is C16H29IN4OS. The molecule has 2 rings (SSSR count). The highest BCUT2D eigenvalue weighted by Gasteiger charge is 2.14. The molecule has 132 valence electrons. The van der Waals surface area contributed by atoms with Crippen molar-refractivity contribution in [2.45, 2.75) is 52.6 Å². The molecule has 1 unspecified atom stereocenters. The summed E-state index contributed by atoms with van der Waals surface area (Å²) in [4.78, 5) is 10.5. The lowest BCUT2D eigenvalue weighted by Gasteiger charge is -2.11. The van der Waals surface area contributed by atoms with E-state index in [4.69, 9.17) is 4.74 Å². The van der Waals surface area contributed by atoms with Crippen LogP contribution in [-0.4, -0.2) is 43.3 Å². The van der Waals surface area contributed by atoms with Gasteiger partial charge in [0.2, 0.25) is 0 Å². The Labute approximate surface area is 160 Å². The lowest BCUT2D eigenvalue weighted by Crippen LogP contribution is -2.38. The molecule has 0 aliphatic carbocycles. The van der Waals surface area contributed by atoms with Crippen LogP contribution >= 0.6 is 35.3 Å². The molecule has 0 bridgehead atoms. The first-order valence-corrected chi connectivity index (χ1v) is 9.07. The zero-order valence-corrected chi connectivity index (χ0v) is 17.5. The smallest absolute Gasteiger partial charge is 0.191 e. The first kappa shape index (κ1) is 20.6. The molecule has 1 aromatic heterocycles. The summed E-state index contributed by atoms with van der Waals surface area (Å²) in [6.45, 7) is 9.75. The number of aryl methyl sites for hydroxylation is 2. The number of hydrogen-bond acceptors (Lipinski definition) is 4. The van der Waals surface area contributed by atoms with Gasteiger partial charge in [-0.25, -0.2) is 4.98 Å². The van der Waals surface area contributed by atoms with Gasteiger partial charge in [-0.05, 0) is 40.0 Å². The minimum Gasteiger partial charge on any atom is -0.378 e. The van der Waals surface area contributed by atoms with Crippen LogP contribution in [0, 0.1) is 13.8 Å². The summed E-state index contributed by atoms with van der Waals surface area (Å²) in [5, 5.41) is 7.87. The van der Waals surface area contributed by atoms with Crippen molar-refractivity contribution in [1.82, 2.24) is 15.6 Å². The predicted molar refractivity (Wildman–Crippen MR) is 108 cm³/mol. The van der Waals surface area contributed by atoms with Crippen molar-refractivity contribution in [3.63, 3.8) is 0 Å². The average Bonchev–Trinajstić information content (AvgIpc) is 3.10. The van der Waals surface area contributed by atoms with Gasteiger partial charge in [0.1, 0.15) is 0 Å². The number of halogens is 1. The molecule has 0 saturated carbocycles. The van der Waals surface area contributed by atoms with E-state index in [1.54, 1.807) is 11.3 Å². The lowest BCUT2D eigenvalue weighted by molar-refractivity contribution is 0.106. The highest BCUT2D eigenvalue weighted by Crippen LogP contribution is 2.16. The van der Waals surface area contributed by atoms with E-state index in [2.05, 4.69) is 41.4 Å². The topological polar surface area (TPSA) is 58.5 Å². The van der Waals surface area contributed by atoms with Crippen molar-refractivity contribution in [1.29, 1.82) is 0 Å². The van der Waals surface area contributed by atoms with Crippen molar-refractivity contribution in [3.05, 3.63) is 15.6 Å². The lowest BCUT2D eigenvalue weighted by atomic mass is 10.2. The quantitative estimate of drug-likeness (QED) is 0.380. The molecule has 1 atom stereocenters. The van der Waals surface area contributed by atoms with Crippen LogP contribution in [0.25, 0.3) is 0 Å². The summed E-state index contributed by atoms with van der Waals surface area (Å²) in [7, 11) is 0. The largest absolute Gasteiger partial charge is 0.378 e. The highest BCUT2D eigenvalue weighted by atomic mass is 127. The fraction of sp³-hybridized carbons (Fsp3) is 0.750. The molecule has 23 heavy (non-hydrogen) atoms. The van der Waals surface area contributed by atoms with Gasteiger partial charge in [0.15, 0.2) is 5.96 Å². The van der Waals surface area contributed by atoms with E-state index in [1.807, 2.05) is 0 Å². The van der Waals surface area contributed by atoms with Crippen LogP contribution in [0.15, 0.2) is 4.99 Å². The van der Waals surface area contributed by atoms with Gasteiger partial charge in [-0.15, -0.1) is 35.3 Å². The fourth-order valence-corrected chi connectivity index (χ4v) is 3.40. The number of guanidine groups is 1. The molecule has 2 N–H and O–H groups in total. The van der Waals surface area contributed by atoms with Gasteiger partial charge in [-0.2, -0.15) is 0 Å². The molecule has 7 heteroatoms. The molecule has 0 radical (unpaired) electrons. The molecule has 1 saturated heterocycles. The molecule has 2 heterocycles. The summed E-state index contributed by atoms with van der Waals surface area (Å²) < 4.78 is 5.63. The number of nitrogens with zero attached hydrogens (tertiary/aromatic N) is 2. The molecule has 1 aromatic rings. The third-order valence-electron chi connectivity index (χ3n) is 3.79. The average molecular weight is 452 g/mol. The van der Waals surface area contributed by atoms with E-state index in [0.717, 1.165) is 50.7 Å². The van der Waals surface area contributed by atoms with E-state index in [0.29, 0.717) is 6.10 Å². The van der Waals surface area contributed by atoms with Gasteiger partial charge in [-0.1, -0.05) is 0 Å². The Kier molecular flexibility index (Phi) is 10.0. The zero-order chi connectivity index (χ0) is 15.8. The van der Waals surface area contributed by atoms with Crippen molar-refractivity contribution < 1.29 is 4.74 Å². The van der Waals surface area contributed by atoms with E-state index in [9.17, 15) is 0 Å². The maximum atomic E-state index is 5.63. The van der Waals surface area contributed by atoms with Gasteiger partial charge < -0.3 is 15.4 Å². The molecule has 0 aromatic carbocycles. The minimum atomic E-state index is 0. The fourth-order valence-electron chi connectivity index (χ4n) is 2.47. The van der Waals surface area contributed by atoms with Gasteiger partial charge in [0.05, 0.1) is 16.8 Å². The molecule has 0 amide bonds. The summed E-state index contributed by atoms with van der Waals surface area (Å²) in [6, 6.07) is 0. The number of hydrogen-bond donors (Lipinski definition) is 2. The van der Waals surface area contributed by atoms with E-state index in [1.165, 1.54) is 22.7 Å².